The Morgan fingerprint density at radius 1 is 1.24 bits per heavy atom. The molecule has 112 valence electrons. The second-order valence-corrected chi connectivity index (χ2v) is 4.47. The predicted octanol–water partition coefficient (Wildman–Crippen LogP) is 3.96. The summed E-state index contributed by atoms with van der Waals surface area (Å²) in [5, 5.41) is 3.50. The number of benzene rings is 1. The monoisotopic (exact) mass is 314 g/mol. The first kappa shape index (κ1) is 15.3. The van der Waals surface area contributed by atoms with Crippen LogP contribution in [-0.2, 0) is 6.54 Å². The summed E-state index contributed by atoms with van der Waals surface area (Å²) in [6, 6.07) is 8.27. The van der Waals surface area contributed by atoms with Gasteiger partial charge in [0.1, 0.15) is 5.15 Å². The molecular formula is C14H13ClF2N2O2. The number of methoxy groups -OCH3 is 1. The maximum atomic E-state index is 12.3. The summed E-state index contributed by atoms with van der Waals surface area (Å²) in [6.07, 6.45) is 1.59. The Hall–Kier alpha value is -2.08. The van der Waals surface area contributed by atoms with Gasteiger partial charge in [-0.15, -0.1) is 0 Å². The number of alkyl halides is 2. The molecule has 0 radical (unpaired) electrons. The highest BCUT2D eigenvalue weighted by atomic mass is 35.5. The fourth-order valence-corrected chi connectivity index (χ4v) is 1.82. The highest BCUT2D eigenvalue weighted by molar-refractivity contribution is 6.29. The van der Waals surface area contributed by atoms with Gasteiger partial charge in [0.25, 0.3) is 0 Å². The van der Waals surface area contributed by atoms with E-state index in [1.54, 1.807) is 30.5 Å². The van der Waals surface area contributed by atoms with Crippen molar-refractivity contribution in [1.82, 2.24) is 4.98 Å². The minimum absolute atomic E-state index is 0.000955. The minimum Gasteiger partial charge on any atom is -0.493 e. The van der Waals surface area contributed by atoms with Crippen LogP contribution >= 0.6 is 11.6 Å². The Labute approximate surface area is 125 Å². The lowest BCUT2D eigenvalue weighted by Crippen LogP contribution is -2.05. The summed E-state index contributed by atoms with van der Waals surface area (Å²) < 4.78 is 34.1. The number of nitrogens with one attached hydrogen (secondary N) is 1. The van der Waals surface area contributed by atoms with Crippen molar-refractivity contribution < 1.29 is 18.3 Å². The van der Waals surface area contributed by atoms with E-state index in [9.17, 15) is 8.78 Å². The van der Waals surface area contributed by atoms with Crippen LogP contribution in [0.4, 0.5) is 14.5 Å². The molecule has 0 aliphatic carbocycles. The number of aromatic nitrogens is 1. The number of anilines is 1. The van der Waals surface area contributed by atoms with E-state index in [0.717, 1.165) is 11.3 Å². The van der Waals surface area contributed by atoms with Gasteiger partial charge < -0.3 is 14.8 Å². The van der Waals surface area contributed by atoms with Crippen molar-refractivity contribution in [3.8, 4) is 11.5 Å². The number of hydrogen-bond donors (Lipinski definition) is 1. The fraction of sp³-hybridized carbons (Fsp3) is 0.214. The first-order valence-electron chi connectivity index (χ1n) is 6.05. The molecule has 2 aromatic rings. The topological polar surface area (TPSA) is 43.4 Å². The lowest BCUT2D eigenvalue weighted by Gasteiger charge is -2.12. The van der Waals surface area contributed by atoms with Gasteiger partial charge in [0.2, 0.25) is 0 Å². The van der Waals surface area contributed by atoms with E-state index in [2.05, 4.69) is 15.0 Å². The maximum absolute atomic E-state index is 12.3. The smallest absolute Gasteiger partial charge is 0.387 e. The number of pyridine rings is 1. The summed E-state index contributed by atoms with van der Waals surface area (Å²) in [6.45, 7) is -2.48. The van der Waals surface area contributed by atoms with Gasteiger partial charge in [-0.3, -0.25) is 0 Å². The van der Waals surface area contributed by atoms with Crippen LogP contribution in [0.15, 0.2) is 36.5 Å². The van der Waals surface area contributed by atoms with Crippen molar-refractivity contribution in [2.75, 3.05) is 12.4 Å². The van der Waals surface area contributed by atoms with E-state index in [0.29, 0.717) is 11.7 Å². The molecule has 0 atom stereocenters. The molecule has 0 spiro atoms. The molecule has 0 bridgehead atoms. The van der Waals surface area contributed by atoms with Crippen LogP contribution < -0.4 is 14.8 Å². The lowest BCUT2D eigenvalue weighted by molar-refractivity contribution is -0.0512. The number of halogens is 3. The number of ether oxygens (including phenoxy) is 2. The van der Waals surface area contributed by atoms with Crippen LogP contribution in [0.3, 0.4) is 0 Å². The first-order valence-corrected chi connectivity index (χ1v) is 6.43. The number of rotatable bonds is 6. The highest BCUT2D eigenvalue weighted by Gasteiger charge is 2.11. The zero-order valence-electron chi connectivity index (χ0n) is 11.1. The fourth-order valence-electron chi connectivity index (χ4n) is 1.70. The third-order valence-corrected chi connectivity index (χ3v) is 2.89. The first-order chi connectivity index (χ1) is 10.1. The van der Waals surface area contributed by atoms with E-state index in [1.807, 2.05) is 0 Å². The van der Waals surface area contributed by atoms with Crippen molar-refractivity contribution in [1.29, 1.82) is 0 Å². The van der Waals surface area contributed by atoms with Crippen LogP contribution in [0.2, 0.25) is 5.15 Å². The predicted molar refractivity (Wildman–Crippen MR) is 76.2 cm³/mol. The summed E-state index contributed by atoms with van der Waals surface area (Å²) in [4.78, 5) is 3.93. The zero-order valence-corrected chi connectivity index (χ0v) is 11.9. The third kappa shape index (κ3) is 4.46. The van der Waals surface area contributed by atoms with Crippen LogP contribution in [0.1, 0.15) is 5.56 Å². The zero-order chi connectivity index (χ0) is 15.2. The molecule has 7 heteroatoms. The SMILES string of the molecule is COc1ccc(CNc2ccc(Cl)nc2)cc1OC(F)F. The number of nitrogens with zero attached hydrogens (tertiary/aromatic N) is 1. The van der Waals surface area contributed by atoms with E-state index in [1.165, 1.54) is 13.2 Å². The quantitative estimate of drug-likeness (QED) is 0.820. The molecule has 4 nitrogen and oxygen atoms in total. The van der Waals surface area contributed by atoms with Gasteiger partial charge in [0, 0.05) is 6.54 Å². The van der Waals surface area contributed by atoms with Gasteiger partial charge >= 0.3 is 6.61 Å². The lowest BCUT2D eigenvalue weighted by atomic mass is 10.2. The molecule has 0 saturated heterocycles. The Balaban J connectivity index is 2.07. The molecule has 0 aliphatic heterocycles. The Morgan fingerprint density at radius 3 is 2.67 bits per heavy atom. The molecule has 21 heavy (non-hydrogen) atoms. The average molecular weight is 315 g/mol. The van der Waals surface area contributed by atoms with Crippen molar-refractivity contribution >= 4 is 17.3 Å². The van der Waals surface area contributed by atoms with E-state index in [-0.39, 0.29) is 11.5 Å². The summed E-state index contributed by atoms with van der Waals surface area (Å²) in [5.41, 5.74) is 1.54. The molecule has 2 rings (SSSR count). The molecule has 1 aromatic carbocycles. The molecule has 1 aromatic heterocycles. The molecule has 0 unspecified atom stereocenters. The van der Waals surface area contributed by atoms with E-state index < -0.39 is 6.61 Å². The summed E-state index contributed by atoms with van der Waals surface area (Å²) in [5.74, 6) is 0.258. The molecule has 1 N–H and O–H groups in total. The van der Waals surface area contributed by atoms with Crippen LogP contribution in [0, 0.1) is 0 Å². The van der Waals surface area contributed by atoms with Gasteiger partial charge in [-0.2, -0.15) is 8.78 Å². The van der Waals surface area contributed by atoms with E-state index >= 15 is 0 Å². The Morgan fingerprint density at radius 2 is 2.05 bits per heavy atom. The molecular weight excluding hydrogens is 302 g/mol. The molecule has 0 amide bonds. The highest BCUT2D eigenvalue weighted by Crippen LogP contribution is 2.29. The largest absolute Gasteiger partial charge is 0.493 e. The van der Waals surface area contributed by atoms with Crippen molar-refractivity contribution in [2.45, 2.75) is 13.2 Å². The molecule has 1 heterocycles. The van der Waals surface area contributed by atoms with E-state index in [4.69, 9.17) is 16.3 Å². The van der Waals surface area contributed by atoms with Gasteiger partial charge in [-0.1, -0.05) is 17.7 Å². The van der Waals surface area contributed by atoms with Gasteiger partial charge in [0.15, 0.2) is 11.5 Å². The van der Waals surface area contributed by atoms with Crippen LogP contribution in [-0.4, -0.2) is 18.7 Å². The Bertz CT molecular complexity index is 594. The summed E-state index contributed by atoms with van der Waals surface area (Å²) >= 11 is 5.69. The maximum Gasteiger partial charge on any atom is 0.387 e. The standard InChI is InChI=1S/C14H13ClF2N2O2/c1-20-11-4-2-9(6-12(11)21-14(16)17)7-18-10-3-5-13(15)19-8-10/h2-6,8,14,18H,7H2,1H3. The van der Waals surface area contributed by atoms with Crippen LogP contribution in [0.5, 0.6) is 11.5 Å². The van der Waals surface area contributed by atoms with Gasteiger partial charge in [-0.25, -0.2) is 4.98 Å². The molecule has 0 aliphatic rings. The molecule has 0 saturated carbocycles. The Kier molecular flexibility index (Phi) is 5.16. The van der Waals surface area contributed by atoms with Crippen molar-refractivity contribution in [3.63, 3.8) is 0 Å². The average Bonchev–Trinajstić information content (AvgIpc) is 2.46. The summed E-state index contributed by atoms with van der Waals surface area (Å²) in [7, 11) is 1.39. The number of hydrogen-bond acceptors (Lipinski definition) is 4. The van der Waals surface area contributed by atoms with Gasteiger partial charge in [-0.05, 0) is 29.8 Å². The van der Waals surface area contributed by atoms with Crippen molar-refractivity contribution in [2.24, 2.45) is 0 Å². The third-order valence-electron chi connectivity index (χ3n) is 2.67. The second-order valence-electron chi connectivity index (χ2n) is 4.09. The van der Waals surface area contributed by atoms with Gasteiger partial charge in [0.05, 0.1) is 19.0 Å². The minimum atomic E-state index is -2.90. The second kappa shape index (κ2) is 7.08. The van der Waals surface area contributed by atoms with Crippen molar-refractivity contribution in [3.05, 3.63) is 47.2 Å². The normalized spacial score (nSPS) is 10.5. The van der Waals surface area contributed by atoms with Crippen LogP contribution in [0.25, 0.3) is 0 Å². The molecule has 0 fully saturated rings.